The Kier molecular flexibility index (Phi) is 4.94. The van der Waals surface area contributed by atoms with Gasteiger partial charge in [0.25, 0.3) is 0 Å². The second kappa shape index (κ2) is 6.69. The number of aromatic nitrogens is 3. The van der Waals surface area contributed by atoms with Crippen molar-refractivity contribution in [3.05, 3.63) is 46.8 Å². The SMILES string of the molecule is CCc1ccc(CC)c(C(C)Cc2cn(CC)nn2)c1. The molecule has 1 aromatic heterocycles. The molecule has 0 saturated heterocycles. The fraction of sp³-hybridized carbons (Fsp3) is 0.529. The summed E-state index contributed by atoms with van der Waals surface area (Å²) in [6, 6.07) is 6.91. The molecular formula is C17H25N3. The molecule has 108 valence electrons. The Morgan fingerprint density at radius 3 is 2.55 bits per heavy atom. The van der Waals surface area contributed by atoms with Crippen LogP contribution < -0.4 is 0 Å². The second-order valence-corrected chi connectivity index (χ2v) is 5.41. The van der Waals surface area contributed by atoms with E-state index < -0.39 is 0 Å². The number of rotatable bonds is 6. The first-order chi connectivity index (χ1) is 9.67. The number of hydrogen-bond donors (Lipinski definition) is 0. The topological polar surface area (TPSA) is 30.7 Å². The zero-order valence-corrected chi connectivity index (χ0v) is 13.1. The molecule has 2 rings (SSSR count). The van der Waals surface area contributed by atoms with Gasteiger partial charge in [0.05, 0.1) is 5.69 Å². The summed E-state index contributed by atoms with van der Waals surface area (Å²) in [4.78, 5) is 0. The van der Waals surface area contributed by atoms with E-state index in [9.17, 15) is 0 Å². The van der Waals surface area contributed by atoms with Crippen molar-refractivity contribution >= 4 is 0 Å². The van der Waals surface area contributed by atoms with Crippen molar-refractivity contribution in [3.63, 3.8) is 0 Å². The Balaban J connectivity index is 2.20. The number of nitrogens with zero attached hydrogens (tertiary/aromatic N) is 3. The molecule has 0 amide bonds. The van der Waals surface area contributed by atoms with Gasteiger partial charge in [0.1, 0.15) is 0 Å². The van der Waals surface area contributed by atoms with Gasteiger partial charge in [0.15, 0.2) is 0 Å². The highest BCUT2D eigenvalue weighted by Crippen LogP contribution is 2.25. The molecule has 0 aliphatic heterocycles. The van der Waals surface area contributed by atoms with E-state index in [1.807, 2.05) is 4.68 Å². The molecule has 0 aliphatic rings. The highest BCUT2D eigenvalue weighted by atomic mass is 15.4. The van der Waals surface area contributed by atoms with Gasteiger partial charge in [-0.25, -0.2) is 0 Å². The van der Waals surface area contributed by atoms with Crippen LogP contribution in [0.15, 0.2) is 24.4 Å². The zero-order chi connectivity index (χ0) is 14.5. The predicted octanol–water partition coefficient (Wildman–Crippen LogP) is 3.77. The van der Waals surface area contributed by atoms with Crippen LogP contribution >= 0.6 is 0 Å². The van der Waals surface area contributed by atoms with Gasteiger partial charge in [-0.2, -0.15) is 0 Å². The van der Waals surface area contributed by atoms with Crippen molar-refractivity contribution < 1.29 is 0 Å². The van der Waals surface area contributed by atoms with Crippen LogP contribution in [0.1, 0.15) is 56.0 Å². The van der Waals surface area contributed by atoms with Crippen LogP contribution in [0.2, 0.25) is 0 Å². The lowest BCUT2D eigenvalue weighted by atomic mass is 9.89. The molecular weight excluding hydrogens is 246 g/mol. The van der Waals surface area contributed by atoms with Crippen molar-refractivity contribution in [2.24, 2.45) is 0 Å². The molecule has 2 aromatic rings. The highest BCUT2D eigenvalue weighted by molar-refractivity contribution is 5.35. The molecule has 0 saturated carbocycles. The van der Waals surface area contributed by atoms with Crippen LogP contribution in [0.4, 0.5) is 0 Å². The Labute approximate surface area is 122 Å². The largest absolute Gasteiger partial charge is 0.253 e. The zero-order valence-electron chi connectivity index (χ0n) is 13.1. The van der Waals surface area contributed by atoms with Crippen molar-refractivity contribution in [2.45, 2.75) is 59.4 Å². The van der Waals surface area contributed by atoms with Gasteiger partial charge in [-0.1, -0.05) is 44.2 Å². The van der Waals surface area contributed by atoms with Crippen LogP contribution in [-0.4, -0.2) is 15.0 Å². The maximum Gasteiger partial charge on any atom is 0.0833 e. The van der Waals surface area contributed by atoms with Crippen molar-refractivity contribution in [1.82, 2.24) is 15.0 Å². The quantitative estimate of drug-likeness (QED) is 0.800. The average molecular weight is 271 g/mol. The minimum atomic E-state index is 0.485. The summed E-state index contributed by atoms with van der Waals surface area (Å²) in [6.45, 7) is 9.69. The molecule has 0 N–H and O–H groups in total. The average Bonchev–Trinajstić information content (AvgIpc) is 2.94. The van der Waals surface area contributed by atoms with Gasteiger partial charge in [0, 0.05) is 12.7 Å². The van der Waals surface area contributed by atoms with E-state index in [2.05, 4.69) is 62.4 Å². The Morgan fingerprint density at radius 1 is 1.15 bits per heavy atom. The summed E-state index contributed by atoms with van der Waals surface area (Å²) in [5.41, 5.74) is 5.43. The van der Waals surface area contributed by atoms with E-state index in [1.54, 1.807) is 0 Å². The van der Waals surface area contributed by atoms with Crippen LogP contribution in [0.25, 0.3) is 0 Å². The van der Waals surface area contributed by atoms with E-state index in [0.29, 0.717) is 5.92 Å². The van der Waals surface area contributed by atoms with Gasteiger partial charge in [-0.05, 0) is 48.8 Å². The molecule has 0 spiro atoms. The Bertz CT molecular complexity index is 557. The first kappa shape index (κ1) is 14.8. The third kappa shape index (κ3) is 3.27. The molecule has 3 nitrogen and oxygen atoms in total. The summed E-state index contributed by atoms with van der Waals surface area (Å²) in [5.74, 6) is 0.485. The Hall–Kier alpha value is -1.64. The fourth-order valence-electron chi connectivity index (χ4n) is 2.66. The van der Waals surface area contributed by atoms with Gasteiger partial charge in [-0.15, -0.1) is 5.10 Å². The van der Waals surface area contributed by atoms with Gasteiger partial charge in [-0.3, -0.25) is 4.68 Å². The first-order valence-corrected chi connectivity index (χ1v) is 7.68. The van der Waals surface area contributed by atoms with Crippen molar-refractivity contribution in [2.75, 3.05) is 0 Å². The van der Waals surface area contributed by atoms with Crippen molar-refractivity contribution in [3.8, 4) is 0 Å². The number of benzene rings is 1. The van der Waals surface area contributed by atoms with Crippen LogP contribution in [0, 0.1) is 0 Å². The van der Waals surface area contributed by atoms with E-state index >= 15 is 0 Å². The maximum atomic E-state index is 4.26. The van der Waals surface area contributed by atoms with Gasteiger partial charge >= 0.3 is 0 Å². The standard InChI is InChI=1S/C17H25N3/c1-5-14-8-9-15(6-2)17(11-14)13(4)10-16-12-20(7-3)19-18-16/h8-9,11-13H,5-7,10H2,1-4H3. The van der Waals surface area contributed by atoms with Crippen LogP contribution in [-0.2, 0) is 25.8 Å². The second-order valence-electron chi connectivity index (χ2n) is 5.41. The lowest BCUT2D eigenvalue weighted by molar-refractivity contribution is 0.626. The monoisotopic (exact) mass is 271 g/mol. The molecule has 0 aliphatic carbocycles. The third-order valence-electron chi connectivity index (χ3n) is 3.96. The molecule has 0 fully saturated rings. The van der Waals surface area contributed by atoms with E-state index in [4.69, 9.17) is 0 Å². The number of aryl methyl sites for hydroxylation is 3. The molecule has 1 aromatic carbocycles. The summed E-state index contributed by atoms with van der Waals surface area (Å²) >= 11 is 0. The van der Waals surface area contributed by atoms with Gasteiger partial charge in [0.2, 0.25) is 0 Å². The predicted molar refractivity (Wildman–Crippen MR) is 83.0 cm³/mol. The summed E-state index contributed by atoms with van der Waals surface area (Å²) < 4.78 is 1.89. The fourth-order valence-corrected chi connectivity index (χ4v) is 2.66. The van der Waals surface area contributed by atoms with Crippen LogP contribution in [0.3, 0.4) is 0 Å². The molecule has 20 heavy (non-hydrogen) atoms. The smallest absolute Gasteiger partial charge is 0.0833 e. The normalized spacial score (nSPS) is 12.6. The highest BCUT2D eigenvalue weighted by Gasteiger charge is 2.13. The minimum absolute atomic E-state index is 0.485. The molecule has 3 heteroatoms. The minimum Gasteiger partial charge on any atom is -0.253 e. The number of hydrogen-bond acceptors (Lipinski definition) is 2. The third-order valence-corrected chi connectivity index (χ3v) is 3.96. The van der Waals surface area contributed by atoms with Crippen LogP contribution in [0.5, 0.6) is 0 Å². The summed E-state index contributed by atoms with van der Waals surface area (Å²) in [6.07, 6.45) is 5.20. The van der Waals surface area contributed by atoms with Gasteiger partial charge < -0.3 is 0 Å². The Morgan fingerprint density at radius 2 is 1.95 bits per heavy atom. The summed E-state index contributed by atoms with van der Waals surface area (Å²) in [5, 5.41) is 8.39. The molecule has 1 atom stereocenters. The lowest BCUT2D eigenvalue weighted by Gasteiger charge is -2.16. The maximum absolute atomic E-state index is 4.26. The summed E-state index contributed by atoms with van der Waals surface area (Å²) in [7, 11) is 0. The van der Waals surface area contributed by atoms with E-state index in [1.165, 1.54) is 16.7 Å². The van der Waals surface area contributed by atoms with E-state index in [-0.39, 0.29) is 0 Å². The molecule has 1 heterocycles. The molecule has 0 bridgehead atoms. The van der Waals surface area contributed by atoms with Crippen molar-refractivity contribution in [1.29, 1.82) is 0 Å². The van der Waals surface area contributed by atoms with E-state index in [0.717, 1.165) is 31.5 Å². The lowest BCUT2D eigenvalue weighted by Crippen LogP contribution is -2.04. The molecule has 1 unspecified atom stereocenters. The molecule has 0 radical (unpaired) electrons. The first-order valence-electron chi connectivity index (χ1n) is 7.68.